The lowest BCUT2D eigenvalue weighted by Crippen LogP contribution is -2.36. The van der Waals surface area contributed by atoms with Crippen LogP contribution in [-0.4, -0.2) is 34.6 Å². The summed E-state index contributed by atoms with van der Waals surface area (Å²) in [7, 11) is 0. The van der Waals surface area contributed by atoms with Gasteiger partial charge in [0.05, 0.1) is 42.5 Å². The van der Waals surface area contributed by atoms with E-state index < -0.39 is 24.1 Å². The third-order valence-electron chi connectivity index (χ3n) is 6.26. The van der Waals surface area contributed by atoms with Gasteiger partial charge in [-0.2, -0.15) is 13.2 Å². The standard InChI is InChI=1S/C24H29F3N4O3/c1-13-16(6-5-7-17(13)24(25,26)27)14(2)28-21-20(22-33-10-11-34-22)18(29-15(3)30-21)12-19(32)31-23(4)8-9-23/h5-7,14,22H,8-12H2,1-4H3,(H,31,32)(H,28,29,30)/t14-/m1/s1. The minimum absolute atomic E-state index is 0.0170. The van der Waals surface area contributed by atoms with Crippen molar-refractivity contribution in [2.45, 2.75) is 71.0 Å². The number of rotatable bonds is 7. The van der Waals surface area contributed by atoms with Crippen LogP contribution in [0.3, 0.4) is 0 Å². The Kier molecular flexibility index (Phi) is 6.56. The summed E-state index contributed by atoms with van der Waals surface area (Å²) in [6.45, 7) is 7.68. The maximum atomic E-state index is 13.4. The summed E-state index contributed by atoms with van der Waals surface area (Å²) in [5.74, 6) is 0.645. The predicted octanol–water partition coefficient (Wildman–Crippen LogP) is 4.54. The number of carbonyl (C=O) groups excluding carboxylic acids is 1. The summed E-state index contributed by atoms with van der Waals surface area (Å²) in [5, 5.41) is 6.25. The lowest BCUT2D eigenvalue weighted by Gasteiger charge is -2.24. The fourth-order valence-electron chi connectivity index (χ4n) is 4.21. The fourth-order valence-corrected chi connectivity index (χ4v) is 4.21. The Labute approximate surface area is 196 Å². The molecule has 0 bridgehead atoms. The maximum absolute atomic E-state index is 13.4. The van der Waals surface area contributed by atoms with Crippen LogP contribution in [-0.2, 0) is 26.9 Å². The first-order valence-electron chi connectivity index (χ1n) is 11.3. The molecule has 1 atom stereocenters. The number of aryl methyl sites for hydroxylation is 1. The molecule has 184 valence electrons. The van der Waals surface area contributed by atoms with Gasteiger partial charge in [0, 0.05) is 5.54 Å². The first kappa shape index (κ1) is 24.4. The van der Waals surface area contributed by atoms with Gasteiger partial charge in [-0.25, -0.2) is 9.97 Å². The Balaban J connectivity index is 1.67. The van der Waals surface area contributed by atoms with Crippen LogP contribution in [0.4, 0.5) is 19.0 Å². The third kappa shape index (κ3) is 5.33. The molecule has 10 heteroatoms. The van der Waals surface area contributed by atoms with Crippen LogP contribution in [0.5, 0.6) is 0 Å². The van der Waals surface area contributed by atoms with E-state index >= 15 is 0 Å². The van der Waals surface area contributed by atoms with E-state index in [0.29, 0.717) is 41.7 Å². The van der Waals surface area contributed by atoms with Crippen molar-refractivity contribution in [1.29, 1.82) is 0 Å². The van der Waals surface area contributed by atoms with E-state index in [1.54, 1.807) is 19.9 Å². The van der Waals surface area contributed by atoms with Crippen molar-refractivity contribution in [3.8, 4) is 0 Å². The average molecular weight is 479 g/mol. The summed E-state index contributed by atoms with van der Waals surface area (Å²) < 4.78 is 51.7. The molecule has 1 saturated carbocycles. The van der Waals surface area contributed by atoms with Gasteiger partial charge in [-0.15, -0.1) is 0 Å². The van der Waals surface area contributed by atoms with Crippen molar-refractivity contribution in [3.63, 3.8) is 0 Å². The number of nitrogens with zero attached hydrogens (tertiary/aromatic N) is 2. The Morgan fingerprint density at radius 3 is 2.50 bits per heavy atom. The Bertz CT molecular complexity index is 1080. The molecule has 4 rings (SSSR count). The van der Waals surface area contributed by atoms with E-state index in [9.17, 15) is 18.0 Å². The topological polar surface area (TPSA) is 85.4 Å². The predicted molar refractivity (Wildman–Crippen MR) is 119 cm³/mol. The molecule has 2 heterocycles. The van der Waals surface area contributed by atoms with Gasteiger partial charge in [0.2, 0.25) is 5.91 Å². The Morgan fingerprint density at radius 2 is 1.88 bits per heavy atom. The number of nitrogens with one attached hydrogen (secondary N) is 2. The molecule has 2 fully saturated rings. The third-order valence-corrected chi connectivity index (χ3v) is 6.26. The van der Waals surface area contributed by atoms with Gasteiger partial charge >= 0.3 is 6.18 Å². The Morgan fingerprint density at radius 1 is 1.21 bits per heavy atom. The van der Waals surface area contributed by atoms with Crippen LogP contribution < -0.4 is 10.6 Å². The highest BCUT2D eigenvalue weighted by Crippen LogP contribution is 2.38. The van der Waals surface area contributed by atoms with Crippen LogP contribution in [0.1, 0.15) is 72.8 Å². The molecule has 2 aliphatic rings. The van der Waals surface area contributed by atoms with Crippen LogP contribution in [0, 0.1) is 13.8 Å². The second-order valence-corrected chi connectivity index (χ2v) is 9.22. The van der Waals surface area contributed by atoms with E-state index in [-0.39, 0.29) is 23.4 Å². The molecule has 7 nitrogen and oxygen atoms in total. The molecule has 1 aromatic heterocycles. The average Bonchev–Trinajstić information content (AvgIpc) is 3.21. The smallest absolute Gasteiger partial charge is 0.363 e. The number of halogens is 3. The summed E-state index contributed by atoms with van der Waals surface area (Å²) in [5.41, 5.74) is 0.758. The van der Waals surface area contributed by atoms with Crippen molar-refractivity contribution >= 4 is 11.7 Å². The Hall–Kier alpha value is -2.72. The van der Waals surface area contributed by atoms with Gasteiger partial charge in [-0.1, -0.05) is 12.1 Å². The first-order chi connectivity index (χ1) is 16.0. The van der Waals surface area contributed by atoms with Gasteiger partial charge in [-0.05, 0) is 57.7 Å². The summed E-state index contributed by atoms with van der Waals surface area (Å²) in [6, 6.07) is 3.61. The number of ether oxygens (including phenoxy) is 2. The highest BCUT2D eigenvalue weighted by molar-refractivity contribution is 5.80. The highest BCUT2D eigenvalue weighted by Gasteiger charge is 2.39. The largest absolute Gasteiger partial charge is 0.416 e. The number of carbonyl (C=O) groups is 1. The van der Waals surface area contributed by atoms with Crippen LogP contribution in [0.15, 0.2) is 18.2 Å². The molecule has 1 aliphatic heterocycles. The maximum Gasteiger partial charge on any atom is 0.416 e. The van der Waals surface area contributed by atoms with E-state index in [1.165, 1.54) is 13.0 Å². The van der Waals surface area contributed by atoms with Crippen molar-refractivity contribution in [3.05, 3.63) is 52.0 Å². The minimum Gasteiger partial charge on any atom is -0.363 e. The molecule has 0 radical (unpaired) electrons. The minimum atomic E-state index is -4.44. The van der Waals surface area contributed by atoms with Crippen LogP contribution >= 0.6 is 0 Å². The van der Waals surface area contributed by atoms with Gasteiger partial charge in [-0.3, -0.25) is 4.79 Å². The zero-order chi connectivity index (χ0) is 24.7. The number of amides is 1. The molecule has 0 unspecified atom stereocenters. The van der Waals surface area contributed by atoms with E-state index in [1.807, 2.05) is 6.92 Å². The zero-order valence-corrected chi connectivity index (χ0v) is 19.7. The molecule has 1 saturated heterocycles. The van der Waals surface area contributed by atoms with E-state index in [4.69, 9.17) is 9.47 Å². The monoisotopic (exact) mass is 478 g/mol. The quantitative estimate of drug-likeness (QED) is 0.608. The molecule has 0 spiro atoms. The van der Waals surface area contributed by atoms with Crippen LogP contribution in [0.25, 0.3) is 0 Å². The first-order valence-corrected chi connectivity index (χ1v) is 11.3. The van der Waals surface area contributed by atoms with E-state index in [0.717, 1.165) is 18.9 Å². The van der Waals surface area contributed by atoms with Crippen molar-refractivity contribution in [2.75, 3.05) is 18.5 Å². The number of hydrogen-bond donors (Lipinski definition) is 2. The molecule has 1 amide bonds. The van der Waals surface area contributed by atoms with E-state index in [2.05, 4.69) is 20.6 Å². The number of aromatic nitrogens is 2. The second-order valence-electron chi connectivity index (χ2n) is 9.22. The number of benzene rings is 1. The SMILES string of the molecule is Cc1nc(CC(=O)NC2(C)CC2)c(C2OCCO2)c(N[C@H](C)c2cccc(C(F)(F)F)c2C)n1. The second kappa shape index (κ2) is 9.14. The van der Waals surface area contributed by atoms with Crippen molar-refractivity contribution in [1.82, 2.24) is 15.3 Å². The molecule has 2 N–H and O–H groups in total. The number of alkyl halides is 3. The lowest BCUT2D eigenvalue weighted by molar-refractivity contribution is -0.138. The summed E-state index contributed by atoms with van der Waals surface area (Å²) in [6.07, 6.45) is -3.32. The van der Waals surface area contributed by atoms with Crippen molar-refractivity contribution in [2.24, 2.45) is 0 Å². The van der Waals surface area contributed by atoms with Crippen molar-refractivity contribution < 1.29 is 27.4 Å². The summed E-state index contributed by atoms with van der Waals surface area (Å²) in [4.78, 5) is 21.7. The molecule has 1 aromatic carbocycles. The number of anilines is 1. The molecular formula is C24H29F3N4O3. The highest BCUT2D eigenvalue weighted by atomic mass is 19.4. The molecule has 34 heavy (non-hydrogen) atoms. The number of hydrogen-bond acceptors (Lipinski definition) is 6. The fraction of sp³-hybridized carbons (Fsp3) is 0.542. The van der Waals surface area contributed by atoms with Crippen LogP contribution in [0.2, 0.25) is 0 Å². The normalized spacial score (nSPS) is 18.6. The van der Waals surface area contributed by atoms with Gasteiger partial charge in [0.15, 0.2) is 6.29 Å². The molecule has 2 aromatic rings. The lowest BCUT2D eigenvalue weighted by atomic mass is 9.97. The summed E-state index contributed by atoms with van der Waals surface area (Å²) >= 11 is 0. The van der Waals surface area contributed by atoms with Gasteiger partial charge < -0.3 is 20.1 Å². The van der Waals surface area contributed by atoms with Gasteiger partial charge in [0.1, 0.15) is 11.6 Å². The zero-order valence-electron chi connectivity index (χ0n) is 19.7. The van der Waals surface area contributed by atoms with Gasteiger partial charge in [0.25, 0.3) is 0 Å². The molecular weight excluding hydrogens is 449 g/mol. The molecule has 1 aliphatic carbocycles.